The number of ether oxygens (including phenoxy) is 2. The first-order chi connectivity index (χ1) is 13.4. The number of morpholine rings is 2. The number of nitrogens with one attached hydrogen (secondary N) is 1. The molecule has 2 aliphatic rings. The van der Waals surface area contributed by atoms with Gasteiger partial charge < -0.3 is 19.3 Å². The fraction of sp³-hybridized carbons (Fsp3) is 0.421. The van der Waals surface area contributed by atoms with Crippen LogP contribution in [-0.4, -0.2) is 68.8 Å². The van der Waals surface area contributed by atoms with Crippen molar-refractivity contribution < 1.29 is 9.47 Å². The molecule has 1 aromatic carbocycles. The summed E-state index contributed by atoms with van der Waals surface area (Å²) >= 11 is 0. The lowest BCUT2D eigenvalue weighted by atomic mass is 10.2. The van der Waals surface area contributed by atoms with Crippen LogP contribution in [0.5, 0.6) is 0 Å². The highest BCUT2D eigenvalue weighted by Crippen LogP contribution is 2.22. The largest absolute Gasteiger partial charge is 0.378 e. The third kappa shape index (κ3) is 4.72. The van der Waals surface area contributed by atoms with Gasteiger partial charge in [-0.3, -0.25) is 5.43 Å². The Bertz CT molecular complexity index is 722. The zero-order valence-electron chi connectivity index (χ0n) is 15.3. The van der Waals surface area contributed by atoms with Crippen molar-refractivity contribution in [1.82, 2.24) is 9.97 Å². The van der Waals surface area contributed by atoms with Crippen LogP contribution >= 0.6 is 0 Å². The predicted molar refractivity (Wildman–Crippen MR) is 106 cm³/mol. The summed E-state index contributed by atoms with van der Waals surface area (Å²) in [6.45, 7) is 6.05. The summed E-state index contributed by atoms with van der Waals surface area (Å²) in [6, 6.07) is 11.9. The second-order valence-electron chi connectivity index (χ2n) is 6.39. The van der Waals surface area contributed by atoms with Gasteiger partial charge in [-0.1, -0.05) is 30.3 Å². The van der Waals surface area contributed by atoms with Crippen molar-refractivity contribution in [3.63, 3.8) is 0 Å². The molecule has 8 nitrogen and oxygen atoms in total. The maximum absolute atomic E-state index is 5.46. The van der Waals surface area contributed by atoms with Crippen LogP contribution in [0.25, 0.3) is 0 Å². The summed E-state index contributed by atoms with van der Waals surface area (Å²) in [4.78, 5) is 13.8. The van der Waals surface area contributed by atoms with Crippen LogP contribution in [0.4, 0.5) is 17.6 Å². The minimum absolute atomic E-state index is 0.681. The molecule has 0 radical (unpaired) electrons. The van der Waals surface area contributed by atoms with Crippen molar-refractivity contribution in [2.24, 2.45) is 5.10 Å². The zero-order chi connectivity index (χ0) is 18.3. The predicted octanol–water partition coefficient (Wildman–Crippen LogP) is 1.60. The van der Waals surface area contributed by atoms with Crippen LogP contribution < -0.4 is 15.2 Å². The zero-order valence-corrected chi connectivity index (χ0v) is 15.3. The monoisotopic (exact) mass is 368 g/mol. The van der Waals surface area contributed by atoms with Gasteiger partial charge in [-0.25, -0.2) is 0 Å². The van der Waals surface area contributed by atoms with Crippen LogP contribution in [0.2, 0.25) is 0 Å². The Labute approximate surface area is 158 Å². The first-order valence-corrected chi connectivity index (χ1v) is 9.27. The molecule has 0 spiro atoms. The number of rotatable bonds is 5. The van der Waals surface area contributed by atoms with Crippen LogP contribution in [0.3, 0.4) is 0 Å². The van der Waals surface area contributed by atoms with E-state index in [2.05, 4.69) is 25.3 Å². The van der Waals surface area contributed by atoms with E-state index in [0.717, 1.165) is 37.6 Å². The van der Waals surface area contributed by atoms with Gasteiger partial charge in [-0.2, -0.15) is 15.1 Å². The van der Waals surface area contributed by atoms with Gasteiger partial charge in [0.25, 0.3) is 0 Å². The minimum Gasteiger partial charge on any atom is -0.378 e. The number of nitrogens with zero attached hydrogens (tertiary/aromatic N) is 5. The first kappa shape index (κ1) is 17.7. The fourth-order valence-electron chi connectivity index (χ4n) is 3.05. The van der Waals surface area contributed by atoms with Gasteiger partial charge in [0.05, 0.1) is 32.6 Å². The average Bonchev–Trinajstić information content (AvgIpc) is 2.76. The van der Waals surface area contributed by atoms with E-state index >= 15 is 0 Å². The summed E-state index contributed by atoms with van der Waals surface area (Å²) in [5.74, 6) is 2.28. The highest BCUT2D eigenvalue weighted by molar-refractivity contribution is 5.80. The highest BCUT2D eigenvalue weighted by atomic mass is 16.5. The Morgan fingerprint density at radius 1 is 0.889 bits per heavy atom. The number of hydrogen-bond donors (Lipinski definition) is 1. The molecule has 1 aromatic heterocycles. The van der Waals surface area contributed by atoms with Gasteiger partial charge in [-0.15, -0.1) is 0 Å². The smallest absolute Gasteiger partial charge is 0.229 e. The molecule has 0 atom stereocenters. The van der Waals surface area contributed by atoms with Crippen LogP contribution in [0.1, 0.15) is 5.56 Å². The Morgan fingerprint density at radius 2 is 1.56 bits per heavy atom. The summed E-state index contributed by atoms with van der Waals surface area (Å²) in [5, 5.41) is 4.33. The van der Waals surface area contributed by atoms with E-state index in [1.165, 1.54) is 0 Å². The molecule has 4 rings (SSSR count). The van der Waals surface area contributed by atoms with Crippen molar-refractivity contribution >= 4 is 23.8 Å². The molecular formula is C19H24N6O2. The van der Waals surface area contributed by atoms with Gasteiger partial charge in [0.2, 0.25) is 5.95 Å². The van der Waals surface area contributed by atoms with Crippen molar-refractivity contribution in [3.05, 3.63) is 42.0 Å². The van der Waals surface area contributed by atoms with E-state index in [0.29, 0.717) is 38.2 Å². The van der Waals surface area contributed by atoms with Gasteiger partial charge in [0.15, 0.2) is 5.82 Å². The van der Waals surface area contributed by atoms with Gasteiger partial charge in [0, 0.05) is 32.2 Å². The summed E-state index contributed by atoms with van der Waals surface area (Å²) < 4.78 is 10.9. The van der Waals surface area contributed by atoms with E-state index < -0.39 is 0 Å². The van der Waals surface area contributed by atoms with E-state index in [-0.39, 0.29) is 0 Å². The van der Waals surface area contributed by atoms with E-state index in [9.17, 15) is 0 Å². The Morgan fingerprint density at radius 3 is 2.26 bits per heavy atom. The second kappa shape index (κ2) is 8.79. The fourth-order valence-corrected chi connectivity index (χ4v) is 3.05. The van der Waals surface area contributed by atoms with E-state index in [1.807, 2.05) is 36.4 Å². The highest BCUT2D eigenvalue weighted by Gasteiger charge is 2.19. The molecule has 142 valence electrons. The van der Waals surface area contributed by atoms with E-state index in [4.69, 9.17) is 14.5 Å². The molecule has 2 aliphatic heterocycles. The topological polar surface area (TPSA) is 75.1 Å². The van der Waals surface area contributed by atoms with Crippen molar-refractivity contribution in [1.29, 1.82) is 0 Å². The summed E-state index contributed by atoms with van der Waals surface area (Å²) in [7, 11) is 0. The molecule has 2 fully saturated rings. The summed E-state index contributed by atoms with van der Waals surface area (Å²) in [5.41, 5.74) is 4.08. The Balaban J connectivity index is 1.55. The molecule has 0 amide bonds. The summed E-state index contributed by atoms with van der Waals surface area (Å²) in [6.07, 6.45) is 1.78. The molecular weight excluding hydrogens is 344 g/mol. The molecule has 1 N–H and O–H groups in total. The molecule has 2 aromatic rings. The van der Waals surface area contributed by atoms with Crippen molar-refractivity contribution in [3.8, 4) is 0 Å². The number of hydrogen-bond acceptors (Lipinski definition) is 8. The number of anilines is 3. The van der Waals surface area contributed by atoms with Gasteiger partial charge in [-0.05, 0) is 5.56 Å². The molecule has 0 saturated carbocycles. The molecule has 0 unspecified atom stereocenters. The maximum Gasteiger partial charge on any atom is 0.229 e. The Kier molecular flexibility index (Phi) is 5.76. The van der Waals surface area contributed by atoms with Crippen molar-refractivity contribution in [2.75, 3.05) is 67.8 Å². The quantitative estimate of drug-likeness (QED) is 0.635. The third-order valence-electron chi connectivity index (χ3n) is 4.52. The second-order valence-corrected chi connectivity index (χ2v) is 6.39. The number of aromatic nitrogens is 2. The SMILES string of the molecule is C(=N/Nc1cc(N2CCOCC2)nc(N2CCOCC2)n1)/c1ccccc1. The normalized spacial score (nSPS) is 18.1. The molecule has 2 saturated heterocycles. The number of hydrazone groups is 1. The van der Waals surface area contributed by atoms with Crippen molar-refractivity contribution in [2.45, 2.75) is 0 Å². The lowest BCUT2D eigenvalue weighted by Crippen LogP contribution is -2.39. The molecule has 0 aliphatic carbocycles. The molecule has 27 heavy (non-hydrogen) atoms. The molecule has 0 bridgehead atoms. The van der Waals surface area contributed by atoms with Gasteiger partial charge in [0.1, 0.15) is 5.82 Å². The lowest BCUT2D eigenvalue weighted by molar-refractivity contribution is 0.121. The van der Waals surface area contributed by atoms with Crippen LogP contribution in [0, 0.1) is 0 Å². The van der Waals surface area contributed by atoms with Gasteiger partial charge >= 0.3 is 0 Å². The average molecular weight is 368 g/mol. The first-order valence-electron chi connectivity index (χ1n) is 9.27. The number of benzene rings is 1. The van der Waals surface area contributed by atoms with Crippen LogP contribution in [0.15, 0.2) is 41.5 Å². The minimum atomic E-state index is 0.681. The third-order valence-corrected chi connectivity index (χ3v) is 4.52. The van der Waals surface area contributed by atoms with E-state index in [1.54, 1.807) is 6.21 Å². The Hall–Kier alpha value is -2.71. The van der Waals surface area contributed by atoms with Crippen LogP contribution in [-0.2, 0) is 9.47 Å². The molecule has 3 heterocycles. The molecule has 8 heteroatoms. The maximum atomic E-state index is 5.46. The lowest BCUT2D eigenvalue weighted by Gasteiger charge is -2.31. The standard InChI is InChI=1S/C19H24N6O2/c1-2-4-16(5-3-1)15-20-23-17-14-18(24-6-10-26-11-7-24)22-19(21-17)25-8-12-27-13-9-25/h1-5,14-15H,6-13H2,(H,21,22,23)/b20-15-.